The Hall–Kier alpha value is -0.940. The lowest BCUT2D eigenvalue weighted by Gasteiger charge is -2.04. The Bertz CT molecular complexity index is 272. The quantitative estimate of drug-likeness (QED) is 0.680. The molecule has 0 aliphatic heterocycles. The summed E-state index contributed by atoms with van der Waals surface area (Å²) in [6, 6.07) is 0.463. The Morgan fingerprint density at radius 3 is 3.00 bits per heavy atom. The first kappa shape index (κ1) is 12.1. The average Bonchev–Trinajstić information content (AvgIpc) is 2.63. The van der Waals surface area contributed by atoms with E-state index in [-0.39, 0.29) is 0 Å². The summed E-state index contributed by atoms with van der Waals surface area (Å²) < 4.78 is 6.83. The van der Waals surface area contributed by atoms with Gasteiger partial charge < -0.3 is 10.1 Å². The van der Waals surface area contributed by atoms with Gasteiger partial charge in [0.05, 0.1) is 6.54 Å². The lowest BCUT2D eigenvalue weighted by atomic mass is 10.4. The molecule has 1 aromatic rings. The molecule has 0 unspecified atom stereocenters. The molecule has 1 heterocycles. The van der Waals surface area contributed by atoms with E-state index in [9.17, 15) is 0 Å². The van der Waals surface area contributed by atoms with Crippen molar-refractivity contribution < 1.29 is 4.74 Å². The number of hydrogen-bond acceptors (Lipinski definition) is 4. The summed E-state index contributed by atoms with van der Waals surface area (Å²) in [5, 5.41) is 7.62. The zero-order valence-corrected chi connectivity index (χ0v) is 9.73. The Morgan fingerprint density at radius 2 is 2.33 bits per heavy atom. The summed E-state index contributed by atoms with van der Waals surface area (Å²) >= 11 is 0. The summed E-state index contributed by atoms with van der Waals surface area (Å²) in [7, 11) is 1.71. The molecule has 0 saturated heterocycles. The molecular formula is C10H20N4O. The molecule has 86 valence electrons. The van der Waals surface area contributed by atoms with Gasteiger partial charge in [0.2, 0.25) is 0 Å². The van der Waals surface area contributed by atoms with E-state index in [0.29, 0.717) is 6.04 Å². The van der Waals surface area contributed by atoms with Crippen molar-refractivity contribution in [2.45, 2.75) is 39.4 Å². The SMILES string of the molecule is COCCCn1cnc(CNC(C)C)n1. The molecule has 5 heteroatoms. The second-order valence-electron chi connectivity index (χ2n) is 3.81. The van der Waals surface area contributed by atoms with Crippen LogP contribution in [0.15, 0.2) is 6.33 Å². The number of aromatic nitrogens is 3. The molecule has 0 fully saturated rings. The van der Waals surface area contributed by atoms with Crippen molar-refractivity contribution in [3.8, 4) is 0 Å². The molecule has 0 amide bonds. The molecule has 0 radical (unpaired) electrons. The zero-order chi connectivity index (χ0) is 11.1. The maximum absolute atomic E-state index is 4.98. The van der Waals surface area contributed by atoms with Crippen molar-refractivity contribution >= 4 is 0 Å². The molecule has 0 atom stereocenters. The zero-order valence-electron chi connectivity index (χ0n) is 9.73. The van der Waals surface area contributed by atoms with E-state index in [2.05, 4.69) is 29.2 Å². The Morgan fingerprint density at radius 1 is 1.53 bits per heavy atom. The van der Waals surface area contributed by atoms with Crippen LogP contribution in [-0.4, -0.2) is 34.5 Å². The molecule has 0 bridgehead atoms. The summed E-state index contributed by atoms with van der Waals surface area (Å²) in [5.41, 5.74) is 0. The first-order valence-electron chi connectivity index (χ1n) is 5.33. The molecule has 0 aliphatic rings. The standard InChI is InChI=1S/C10H20N4O/c1-9(2)11-7-10-12-8-14(13-10)5-4-6-15-3/h8-9,11H,4-7H2,1-3H3. The highest BCUT2D eigenvalue weighted by Gasteiger charge is 2.01. The highest BCUT2D eigenvalue weighted by Crippen LogP contribution is 1.93. The third kappa shape index (κ3) is 4.90. The summed E-state index contributed by atoms with van der Waals surface area (Å²) in [6.07, 6.45) is 2.74. The van der Waals surface area contributed by atoms with E-state index in [1.54, 1.807) is 13.4 Å². The van der Waals surface area contributed by atoms with E-state index in [4.69, 9.17) is 4.74 Å². The topological polar surface area (TPSA) is 52.0 Å². The minimum atomic E-state index is 0.463. The molecule has 1 rings (SSSR count). The van der Waals surface area contributed by atoms with Gasteiger partial charge in [-0.3, -0.25) is 4.68 Å². The second kappa shape index (κ2) is 6.53. The number of rotatable bonds is 7. The fraction of sp³-hybridized carbons (Fsp3) is 0.800. The maximum Gasteiger partial charge on any atom is 0.164 e. The smallest absolute Gasteiger partial charge is 0.164 e. The van der Waals surface area contributed by atoms with E-state index in [1.165, 1.54) is 0 Å². The van der Waals surface area contributed by atoms with Crippen LogP contribution < -0.4 is 5.32 Å². The Labute approximate surface area is 90.8 Å². The second-order valence-corrected chi connectivity index (χ2v) is 3.81. The maximum atomic E-state index is 4.98. The van der Waals surface area contributed by atoms with Gasteiger partial charge in [0, 0.05) is 26.3 Å². The minimum absolute atomic E-state index is 0.463. The van der Waals surface area contributed by atoms with Gasteiger partial charge in [0.15, 0.2) is 5.82 Å². The van der Waals surface area contributed by atoms with Crippen LogP contribution in [0.4, 0.5) is 0 Å². The molecule has 1 N–H and O–H groups in total. The molecule has 0 aliphatic carbocycles. The van der Waals surface area contributed by atoms with Crippen LogP contribution in [0, 0.1) is 0 Å². The van der Waals surface area contributed by atoms with Crippen LogP contribution in [0.2, 0.25) is 0 Å². The number of nitrogens with zero attached hydrogens (tertiary/aromatic N) is 3. The van der Waals surface area contributed by atoms with Crippen molar-refractivity contribution in [1.82, 2.24) is 20.1 Å². The van der Waals surface area contributed by atoms with Gasteiger partial charge in [-0.1, -0.05) is 13.8 Å². The molecule has 5 nitrogen and oxygen atoms in total. The highest BCUT2D eigenvalue weighted by molar-refractivity contribution is 4.81. The van der Waals surface area contributed by atoms with E-state index in [0.717, 1.165) is 31.9 Å². The number of ether oxygens (including phenoxy) is 1. The van der Waals surface area contributed by atoms with Gasteiger partial charge in [-0.15, -0.1) is 0 Å². The fourth-order valence-corrected chi connectivity index (χ4v) is 1.19. The summed E-state index contributed by atoms with van der Waals surface area (Å²) in [4.78, 5) is 4.22. The van der Waals surface area contributed by atoms with Crippen molar-refractivity contribution in [3.05, 3.63) is 12.2 Å². The van der Waals surface area contributed by atoms with Crippen LogP contribution >= 0.6 is 0 Å². The predicted molar refractivity (Wildman–Crippen MR) is 58.5 cm³/mol. The van der Waals surface area contributed by atoms with E-state index in [1.807, 2.05) is 4.68 Å². The van der Waals surface area contributed by atoms with Crippen molar-refractivity contribution in [2.75, 3.05) is 13.7 Å². The van der Waals surface area contributed by atoms with Gasteiger partial charge in [0.25, 0.3) is 0 Å². The van der Waals surface area contributed by atoms with Crippen molar-refractivity contribution in [1.29, 1.82) is 0 Å². The van der Waals surface area contributed by atoms with Gasteiger partial charge in [-0.05, 0) is 6.42 Å². The Kier molecular flexibility index (Phi) is 5.28. The van der Waals surface area contributed by atoms with Gasteiger partial charge in [0.1, 0.15) is 6.33 Å². The highest BCUT2D eigenvalue weighted by atomic mass is 16.5. The fourth-order valence-electron chi connectivity index (χ4n) is 1.19. The normalized spacial score (nSPS) is 11.2. The molecule has 15 heavy (non-hydrogen) atoms. The first-order chi connectivity index (χ1) is 7.22. The Balaban J connectivity index is 2.29. The summed E-state index contributed by atoms with van der Waals surface area (Å²) in [6.45, 7) is 6.57. The molecule has 0 saturated carbocycles. The van der Waals surface area contributed by atoms with Crippen molar-refractivity contribution in [3.63, 3.8) is 0 Å². The van der Waals surface area contributed by atoms with Crippen molar-refractivity contribution in [2.24, 2.45) is 0 Å². The van der Waals surface area contributed by atoms with E-state index < -0.39 is 0 Å². The third-order valence-corrected chi connectivity index (χ3v) is 1.99. The van der Waals surface area contributed by atoms with Crippen LogP contribution in [0.1, 0.15) is 26.1 Å². The largest absolute Gasteiger partial charge is 0.385 e. The van der Waals surface area contributed by atoms with Crippen LogP contribution in [0.3, 0.4) is 0 Å². The minimum Gasteiger partial charge on any atom is -0.385 e. The first-order valence-corrected chi connectivity index (χ1v) is 5.33. The molecule has 0 spiro atoms. The third-order valence-electron chi connectivity index (χ3n) is 1.99. The van der Waals surface area contributed by atoms with Crippen LogP contribution in [0.25, 0.3) is 0 Å². The van der Waals surface area contributed by atoms with Crippen LogP contribution in [-0.2, 0) is 17.8 Å². The lowest BCUT2D eigenvalue weighted by molar-refractivity contribution is 0.189. The molecule has 0 aromatic carbocycles. The number of nitrogens with one attached hydrogen (secondary N) is 1. The van der Waals surface area contributed by atoms with Gasteiger partial charge >= 0.3 is 0 Å². The van der Waals surface area contributed by atoms with Gasteiger partial charge in [-0.2, -0.15) is 5.10 Å². The van der Waals surface area contributed by atoms with Crippen LogP contribution in [0.5, 0.6) is 0 Å². The number of hydrogen-bond donors (Lipinski definition) is 1. The number of methoxy groups -OCH3 is 1. The summed E-state index contributed by atoms with van der Waals surface area (Å²) in [5.74, 6) is 0.848. The van der Waals surface area contributed by atoms with E-state index >= 15 is 0 Å². The van der Waals surface area contributed by atoms with Gasteiger partial charge in [-0.25, -0.2) is 4.98 Å². The average molecular weight is 212 g/mol. The molecule has 1 aromatic heterocycles. The monoisotopic (exact) mass is 212 g/mol. The lowest BCUT2D eigenvalue weighted by Crippen LogP contribution is -2.22. The predicted octanol–water partition coefficient (Wildman–Crippen LogP) is 0.813. The molecular weight excluding hydrogens is 192 g/mol. The number of aryl methyl sites for hydroxylation is 1.